The smallest absolute Gasteiger partial charge is 0.306 e. The Morgan fingerprint density at radius 3 is 2.77 bits per heavy atom. The number of ether oxygens (including phenoxy) is 1. The maximum atomic E-state index is 14.5. The van der Waals surface area contributed by atoms with Crippen molar-refractivity contribution in [2.24, 2.45) is 5.92 Å². The Bertz CT molecular complexity index is 949. The predicted octanol–water partition coefficient (Wildman–Crippen LogP) is 2.10. The van der Waals surface area contributed by atoms with Crippen LogP contribution in [0.15, 0.2) is 24.4 Å². The number of hydrogen-bond donors (Lipinski definition) is 2. The molecule has 0 radical (unpaired) electrons. The molecular formula is C20H22FN5O4. The lowest BCUT2D eigenvalue weighted by atomic mass is 9.86. The zero-order valence-electron chi connectivity index (χ0n) is 16.3. The third kappa shape index (κ3) is 4.38. The first-order chi connectivity index (χ1) is 14.5. The Labute approximate surface area is 172 Å². The van der Waals surface area contributed by atoms with E-state index in [1.54, 1.807) is 18.2 Å². The SMILES string of the molecule is O=C(O)C1CCC(Nc2ncc(F)c(-c3cccc(N4CCOCC4=O)n3)n2)CC1. The molecule has 2 aliphatic rings. The molecule has 0 atom stereocenters. The minimum Gasteiger partial charge on any atom is -0.481 e. The van der Waals surface area contributed by atoms with Crippen LogP contribution in [0.1, 0.15) is 25.7 Å². The summed E-state index contributed by atoms with van der Waals surface area (Å²) in [6.07, 6.45) is 3.61. The van der Waals surface area contributed by atoms with E-state index in [-0.39, 0.29) is 36.1 Å². The molecule has 9 nitrogen and oxygen atoms in total. The summed E-state index contributed by atoms with van der Waals surface area (Å²) in [5.74, 6) is -1.22. The highest BCUT2D eigenvalue weighted by atomic mass is 19.1. The molecular weight excluding hydrogens is 393 g/mol. The molecule has 3 heterocycles. The minimum absolute atomic E-state index is 0.00797. The molecule has 10 heteroatoms. The number of hydrogen-bond acceptors (Lipinski definition) is 7. The van der Waals surface area contributed by atoms with Crippen LogP contribution in [0.3, 0.4) is 0 Å². The lowest BCUT2D eigenvalue weighted by Crippen LogP contribution is -2.42. The second-order valence-corrected chi connectivity index (χ2v) is 7.40. The number of pyridine rings is 1. The summed E-state index contributed by atoms with van der Waals surface area (Å²) in [6.45, 7) is 0.789. The fraction of sp³-hybridized carbons (Fsp3) is 0.450. The van der Waals surface area contributed by atoms with Gasteiger partial charge in [-0.15, -0.1) is 0 Å². The molecule has 2 aromatic heterocycles. The Balaban J connectivity index is 1.52. The molecule has 2 N–H and O–H groups in total. The number of nitrogens with zero attached hydrogens (tertiary/aromatic N) is 4. The van der Waals surface area contributed by atoms with Gasteiger partial charge in [0.15, 0.2) is 5.82 Å². The zero-order chi connectivity index (χ0) is 21.1. The second-order valence-electron chi connectivity index (χ2n) is 7.40. The lowest BCUT2D eigenvalue weighted by Gasteiger charge is -2.27. The maximum absolute atomic E-state index is 14.5. The lowest BCUT2D eigenvalue weighted by molar-refractivity contribution is -0.142. The van der Waals surface area contributed by atoms with Crippen molar-refractivity contribution < 1.29 is 23.8 Å². The summed E-state index contributed by atoms with van der Waals surface area (Å²) in [6, 6.07) is 5.04. The molecule has 1 saturated heterocycles. The Morgan fingerprint density at radius 2 is 2.03 bits per heavy atom. The number of aliphatic carboxylic acids is 1. The molecule has 30 heavy (non-hydrogen) atoms. The predicted molar refractivity (Wildman–Crippen MR) is 105 cm³/mol. The fourth-order valence-electron chi connectivity index (χ4n) is 3.75. The monoisotopic (exact) mass is 415 g/mol. The van der Waals surface area contributed by atoms with Gasteiger partial charge < -0.3 is 15.2 Å². The number of carboxylic acids is 1. The van der Waals surface area contributed by atoms with Gasteiger partial charge in [-0.2, -0.15) is 0 Å². The summed E-state index contributed by atoms with van der Waals surface area (Å²) in [5, 5.41) is 12.3. The molecule has 2 aromatic rings. The summed E-state index contributed by atoms with van der Waals surface area (Å²) in [4.78, 5) is 37.4. The number of morpholine rings is 1. The highest BCUT2D eigenvalue weighted by Gasteiger charge is 2.27. The van der Waals surface area contributed by atoms with Crippen molar-refractivity contribution in [3.05, 3.63) is 30.2 Å². The second kappa shape index (κ2) is 8.70. The van der Waals surface area contributed by atoms with E-state index in [0.29, 0.717) is 50.3 Å². The molecule has 1 amide bonds. The molecule has 2 fully saturated rings. The number of carboxylic acid groups (broad SMARTS) is 1. The third-order valence-electron chi connectivity index (χ3n) is 5.39. The fourth-order valence-corrected chi connectivity index (χ4v) is 3.75. The molecule has 1 aliphatic heterocycles. The van der Waals surface area contributed by atoms with Crippen LogP contribution in [0.5, 0.6) is 0 Å². The number of halogens is 1. The van der Waals surface area contributed by atoms with Crippen molar-refractivity contribution in [1.29, 1.82) is 0 Å². The topological polar surface area (TPSA) is 118 Å². The van der Waals surface area contributed by atoms with Gasteiger partial charge in [-0.25, -0.2) is 19.3 Å². The molecule has 158 valence electrons. The number of amides is 1. The van der Waals surface area contributed by atoms with E-state index in [9.17, 15) is 14.0 Å². The van der Waals surface area contributed by atoms with E-state index in [2.05, 4.69) is 20.3 Å². The summed E-state index contributed by atoms with van der Waals surface area (Å²) < 4.78 is 19.6. The van der Waals surface area contributed by atoms with E-state index in [0.717, 1.165) is 6.20 Å². The molecule has 1 aliphatic carbocycles. The molecule has 0 spiro atoms. The number of carbonyl (C=O) groups excluding carboxylic acids is 1. The van der Waals surface area contributed by atoms with Crippen LogP contribution in [0.2, 0.25) is 0 Å². The van der Waals surface area contributed by atoms with Crippen LogP contribution in [0, 0.1) is 11.7 Å². The van der Waals surface area contributed by atoms with Gasteiger partial charge in [0.2, 0.25) is 5.95 Å². The van der Waals surface area contributed by atoms with Gasteiger partial charge in [0.25, 0.3) is 5.91 Å². The van der Waals surface area contributed by atoms with Crippen molar-refractivity contribution in [3.8, 4) is 11.4 Å². The van der Waals surface area contributed by atoms with Gasteiger partial charge in [0.1, 0.15) is 18.1 Å². The molecule has 0 aromatic carbocycles. The zero-order valence-corrected chi connectivity index (χ0v) is 16.3. The van der Waals surface area contributed by atoms with Crippen molar-refractivity contribution in [2.75, 3.05) is 30.0 Å². The Hall–Kier alpha value is -3.14. The van der Waals surface area contributed by atoms with Crippen LogP contribution in [0.25, 0.3) is 11.4 Å². The molecule has 0 unspecified atom stereocenters. The number of rotatable bonds is 5. The van der Waals surface area contributed by atoms with E-state index in [4.69, 9.17) is 9.84 Å². The molecule has 1 saturated carbocycles. The van der Waals surface area contributed by atoms with E-state index < -0.39 is 11.8 Å². The van der Waals surface area contributed by atoms with Crippen LogP contribution in [-0.2, 0) is 14.3 Å². The van der Waals surface area contributed by atoms with Gasteiger partial charge in [-0.05, 0) is 37.8 Å². The van der Waals surface area contributed by atoms with Crippen LogP contribution in [-0.4, -0.2) is 57.7 Å². The summed E-state index contributed by atoms with van der Waals surface area (Å²) in [7, 11) is 0. The summed E-state index contributed by atoms with van der Waals surface area (Å²) >= 11 is 0. The highest BCUT2D eigenvalue weighted by Crippen LogP contribution is 2.27. The highest BCUT2D eigenvalue weighted by molar-refractivity contribution is 5.94. The van der Waals surface area contributed by atoms with Gasteiger partial charge in [-0.1, -0.05) is 6.07 Å². The van der Waals surface area contributed by atoms with Crippen LogP contribution >= 0.6 is 0 Å². The van der Waals surface area contributed by atoms with Crippen molar-refractivity contribution in [2.45, 2.75) is 31.7 Å². The van der Waals surface area contributed by atoms with Crippen molar-refractivity contribution in [3.63, 3.8) is 0 Å². The van der Waals surface area contributed by atoms with Gasteiger partial charge in [0, 0.05) is 6.04 Å². The van der Waals surface area contributed by atoms with Gasteiger partial charge >= 0.3 is 5.97 Å². The van der Waals surface area contributed by atoms with Crippen molar-refractivity contribution >= 4 is 23.6 Å². The van der Waals surface area contributed by atoms with Crippen LogP contribution < -0.4 is 10.2 Å². The number of carbonyl (C=O) groups is 2. The van der Waals surface area contributed by atoms with E-state index >= 15 is 0 Å². The van der Waals surface area contributed by atoms with Gasteiger partial charge in [0.05, 0.1) is 31.0 Å². The number of nitrogens with one attached hydrogen (secondary N) is 1. The quantitative estimate of drug-likeness (QED) is 0.762. The normalized spacial score (nSPS) is 22.0. The standard InChI is InChI=1S/C20H22FN5O4/c21-14-10-22-20(23-13-6-4-12(5-7-13)19(28)29)25-18(14)15-2-1-3-16(24-15)26-8-9-30-11-17(26)27/h1-3,10,12-13H,4-9,11H2,(H,28,29)(H,22,23,25). The summed E-state index contributed by atoms with van der Waals surface area (Å²) in [5.41, 5.74) is 0.332. The number of aromatic nitrogens is 3. The number of anilines is 2. The van der Waals surface area contributed by atoms with E-state index in [1.165, 1.54) is 4.90 Å². The first-order valence-electron chi connectivity index (χ1n) is 9.88. The first kappa shape index (κ1) is 20.1. The van der Waals surface area contributed by atoms with E-state index in [1.807, 2.05) is 0 Å². The average Bonchev–Trinajstić information content (AvgIpc) is 2.76. The Morgan fingerprint density at radius 1 is 1.23 bits per heavy atom. The first-order valence-corrected chi connectivity index (χ1v) is 9.88. The third-order valence-corrected chi connectivity index (χ3v) is 5.39. The largest absolute Gasteiger partial charge is 0.481 e. The van der Waals surface area contributed by atoms with Crippen LogP contribution in [0.4, 0.5) is 16.2 Å². The average molecular weight is 415 g/mol. The van der Waals surface area contributed by atoms with Gasteiger partial charge in [-0.3, -0.25) is 14.5 Å². The maximum Gasteiger partial charge on any atom is 0.306 e. The molecule has 0 bridgehead atoms. The minimum atomic E-state index is -0.765. The Kier molecular flexibility index (Phi) is 5.84. The van der Waals surface area contributed by atoms with Crippen molar-refractivity contribution in [1.82, 2.24) is 15.0 Å². The molecule has 4 rings (SSSR count).